The molecular weight excluding hydrogens is 334 g/mol. The van der Waals surface area contributed by atoms with Gasteiger partial charge in [0.15, 0.2) is 5.84 Å². The van der Waals surface area contributed by atoms with Crippen LogP contribution in [0.2, 0.25) is 0 Å². The van der Waals surface area contributed by atoms with Gasteiger partial charge in [-0.1, -0.05) is 30.3 Å². The van der Waals surface area contributed by atoms with Gasteiger partial charge in [0, 0.05) is 28.4 Å². The third kappa shape index (κ3) is 5.57. The van der Waals surface area contributed by atoms with Crippen molar-refractivity contribution in [1.82, 2.24) is 0 Å². The van der Waals surface area contributed by atoms with Crippen molar-refractivity contribution in [3.63, 3.8) is 0 Å². The number of thiophene rings is 1. The van der Waals surface area contributed by atoms with Crippen LogP contribution in [0.15, 0.2) is 40.9 Å². The second-order valence-electron chi connectivity index (χ2n) is 4.03. The topological polar surface area (TPSA) is 146 Å². The van der Waals surface area contributed by atoms with Crippen molar-refractivity contribution >= 4 is 39.6 Å². The van der Waals surface area contributed by atoms with Crippen molar-refractivity contribution < 1.29 is 14.6 Å². The molecule has 0 aliphatic heterocycles. The Hall–Kier alpha value is -3.14. The first kappa shape index (κ1) is 18.9. The summed E-state index contributed by atoms with van der Waals surface area (Å²) in [5.41, 5.74) is 12.4. The predicted molar refractivity (Wildman–Crippen MR) is 94.0 cm³/mol. The third-order valence-corrected chi connectivity index (χ3v) is 3.33. The molecule has 0 fully saturated rings. The van der Waals surface area contributed by atoms with Gasteiger partial charge in [0.2, 0.25) is 0 Å². The zero-order valence-electron chi connectivity index (χ0n) is 13.1. The van der Waals surface area contributed by atoms with E-state index in [0.29, 0.717) is 16.9 Å². The number of nitrogens with zero attached hydrogens (tertiary/aromatic N) is 2. The number of nitro groups is 1. The van der Waals surface area contributed by atoms with Gasteiger partial charge in [-0.05, 0) is 24.3 Å². The highest BCUT2D eigenvalue weighted by Gasteiger charge is 2.12. The van der Waals surface area contributed by atoms with Crippen molar-refractivity contribution in [1.29, 1.82) is 0 Å². The van der Waals surface area contributed by atoms with Crippen molar-refractivity contribution in [3.05, 3.63) is 51.4 Å². The number of anilines is 2. The molecular formula is C14H17N5O4S. The van der Waals surface area contributed by atoms with Crippen LogP contribution in [0, 0.1) is 10.1 Å². The van der Waals surface area contributed by atoms with E-state index in [2.05, 4.69) is 15.3 Å². The Bertz CT molecular complexity index is 727. The summed E-state index contributed by atoms with van der Waals surface area (Å²) >= 11 is 0.896. The molecule has 2 aromatic rings. The van der Waals surface area contributed by atoms with E-state index in [4.69, 9.17) is 11.5 Å². The Balaban J connectivity index is 0.00000139. The fourth-order valence-corrected chi connectivity index (χ4v) is 2.12. The van der Waals surface area contributed by atoms with Gasteiger partial charge in [-0.25, -0.2) is 4.79 Å². The highest BCUT2D eigenvalue weighted by Crippen LogP contribution is 2.22. The fraction of sp³-hybridized carbons (Fsp3) is 0.143. The molecule has 0 unspecified atom stereocenters. The van der Waals surface area contributed by atoms with Crippen LogP contribution in [0.5, 0.6) is 0 Å². The van der Waals surface area contributed by atoms with Crippen LogP contribution in [0.3, 0.4) is 0 Å². The predicted octanol–water partition coefficient (Wildman–Crippen LogP) is 3.13. The van der Waals surface area contributed by atoms with E-state index < -0.39 is 11.0 Å². The zero-order valence-corrected chi connectivity index (χ0v) is 13.9. The molecule has 0 saturated heterocycles. The molecule has 24 heavy (non-hydrogen) atoms. The molecule has 0 spiro atoms. The summed E-state index contributed by atoms with van der Waals surface area (Å²) in [7, 11) is 0. The molecule has 1 aromatic heterocycles. The van der Waals surface area contributed by atoms with Crippen molar-refractivity contribution in [3.8, 4) is 0 Å². The first-order chi connectivity index (χ1) is 11.5. The van der Waals surface area contributed by atoms with Crippen LogP contribution >= 0.6 is 11.3 Å². The second-order valence-corrected chi connectivity index (χ2v) is 4.92. The Morgan fingerprint density at radius 1 is 1.33 bits per heavy atom. The minimum atomic E-state index is -0.850. The van der Waals surface area contributed by atoms with Crippen LogP contribution in [0.25, 0.3) is 0 Å². The molecule has 0 saturated carbocycles. The number of carbonyl (C=O) groups excluding carboxylic acids is 1. The highest BCUT2D eigenvalue weighted by molar-refractivity contribution is 7.13. The summed E-state index contributed by atoms with van der Waals surface area (Å²) in [5.74, 6) is -0.142. The first-order valence-electron chi connectivity index (χ1n) is 6.86. The summed E-state index contributed by atoms with van der Waals surface area (Å²) in [4.78, 5) is 26.1. The van der Waals surface area contributed by atoms with Crippen molar-refractivity contribution in [2.24, 2.45) is 10.9 Å². The molecule has 2 rings (SSSR count). The van der Waals surface area contributed by atoms with Crippen LogP contribution in [0.1, 0.15) is 19.4 Å². The highest BCUT2D eigenvalue weighted by atomic mass is 32.1. The van der Waals surface area contributed by atoms with Gasteiger partial charge in [0.1, 0.15) is 0 Å². The van der Waals surface area contributed by atoms with E-state index in [-0.39, 0.29) is 10.8 Å². The molecule has 128 valence electrons. The normalized spacial score (nSPS) is 10.3. The van der Waals surface area contributed by atoms with E-state index in [9.17, 15) is 14.9 Å². The minimum absolute atomic E-state index is 0.0838. The molecule has 1 heterocycles. The number of oxime groups is 1. The number of rotatable bonds is 4. The molecule has 0 atom stereocenters. The number of benzene rings is 1. The Morgan fingerprint density at radius 2 is 1.96 bits per heavy atom. The summed E-state index contributed by atoms with van der Waals surface area (Å²) in [6.45, 7) is 4.00. The number of hydrogen-bond donors (Lipinski definition) is 3. The largest absolute Gasteiger partial charge is 0.437 e. The SMILES string of the molecule is CC.N/C(=N/OC(=O)Nc1ccc(N)cc1)c1csc([N+](=O)[O-])c1. The summed E-state index contributed by atoms with van der Waals surface area (Å²) in [5, 5.41) is 17.8. The van der Waals surface area contributed by atoms with Gasteiger partial charge in [0.25, 0.3) is 0 Å². The Morgan fingerprint density at radius 3 is 2.50 bits per heavy atom. The number of nitrogen functional groups attached to an aromatic ring is 1. The average Bonchev–Trinajstić information content (AvgIpc) is 3.07. The molecule has 9 nitrogen and oxygen atoms in total. The average molecular weight is 351 g/mol. The number of nitrogens with two attached hydrogens (primary N) is 2. The molecule has 1 amide bonds. The quantitative estimate of drug-likeness (QED) is 0.193. The maximum Gasteiger partial charge on any atom is 0.437 e. The monoisotopic (exact) mass is 351 g/mol. The van der Waals surface area contributed by atoms with Gasteiger partial charge in [0.05, 0.1) is 4.92 Å². The molecule has 0 bridgehead atoms. The summed E-state index contributed by atoms with van der Waals surface area (Å²) < 4.78 is 0. The number of hydrogen-bond acceptors (Lipinski definition) is 7. The van der Waals surface area contributed by atoms with Gasteiger partial charge in [-0.3, -0.25) is 20.3 Å². The molecule has 10 heteroatoms. The maximum absolute atomic E-state index is 11.5. The third-order valence-electron chi connectivity index (χ3n) is 2.45. The first-order valence-corrected chi connectivity index (χ1v) is 7.74. The lowest BCUT2D eigenvalue weighted by Gasteiger charge is -2.03. The van der Waals surface area contributed by atoms with Crippen molar-refractivity contribution in [2.75, 3.05) is 11.1 Å². The van der Waals surface area contributed by atoms with Gasteiger partial charge in [-0.15, -0.1) is 0 Å². The van der Waals surface area contributed by atoms with Gasteiger partial charge < -0.3 is 11.5 Å². The molecule has 0 aliphatic carbocycles. The zero-order chi connectivity index (χ0) is 18.1. The standard InChI is InChI=1S/C12H11N5O4S.C2H6/c13-8-1-3-9(4-2-8)15-12(18)21-16-11(14)7-5-10(17(19)20)22-6-7;1-2/h1-6H,13H2,(H2,14,16)(H,15,18);1-2H3. The van der Waals surface area contributed by atoms with Gasteiger partial charge >= 0.3 is 11.1 Å². The number of amidine groups is 1. The van der Waals surface area contributed by atoms with E-state index >= 15 is 0 Å². The lowest BCUT2D eigenvalue weighted by atomic mass is 10.3. The lowest BCUT2D eigenvalue weighted by molar-refractivity contribution is -0.380. The molecule has 1 aromatic carbocycles. The minimum Gasteiger partial charge on any atom is -0.399 e. The Kier molecular flexibility index (Phi) is 7.17. The smallest absolute Gasteiger partial charge is 0.399 e. The van der Waals surface area contributed by atoms with E-state index in [1.807, 2.05) is 13.8 Å². The second kappa shape index (κ2) is 9.10. The van der Waals surface area contributed by atoms with Crippen LogP contribution in [0.4, 0.5) is 21.2 Å². The van der Waals surface area contributed by atoms with Crippen LogP contribution in [-0.2, 0) is 4.84 Å². The van der Waals surface area contributed by atoms with E-state index in [0.717, 1.165) is 11.3 Å². The number of carbonyl (C=O) groups is 1. The lowest BCUT2D eigenvalue weighted by Crippen LogP contribution is -2.17. The van der Waals surface area contributed by atoms with Crippen molar-refractivity contribution in [2.45, 2.75) is 13.8 Å². The summed E-state index contributed by atoms with van der Waals surface area (Å²) in [6.07, 6.45) is -0.850. The Labute approximate surface area is 142 Å². The molecule has 5 N–H and O–H groups in total. The molecule has 0 aliphatic rings. The number of nitrogens with one attached hydrogen (secondary N) is 1. The van der Waals surface area contributed by atoms with E-state index in [1.165, 1.54) is 11.4 Å². The van der Waals surface area contributed by atoms with E-state index in [1.54, 1.807) is 24.3 Å². The molecule has 0 radical (unpaired) electrons. The van der Waals surface area contributed by atoms with Crippen LogP contribution in [-0.4, -0.2) is 16.9 Å². The van der Waals surface area contributed by atoms with Crippen LogP contribution < -0.4 is 16.8 Å². The maximum atomic E-state index is 11.5. The van der Waals surface area contributed by atoms with Gasteiger partial charge in [-0.2, -0.15) is 0 Å². The summed E-state index contributed by atoms with van der Waals surface area (Å²) in [6, 6.07) is 7.64. The fourth-order valence-electron chi connectivity index (χ4n) is 1.41. The number of amides is 1.